The Labute approximate surface area is 169 Å². The first-order valence-corrected chi connectivity index (χ1v) is 9.78. The van der Waals surface area contributed by atoms with E-state index in [2.05, 4.69) is 5.32 Å². The SMILES string of the molecule is CC1CN(C(=O)c2ccc(NC(=O)Cc3ccc4c(c3)OCCO4)cc2)CCO1. The molecule has 2 aliphatic rings. The van der Waals surface area contributed by atoms with Crippen LogP contribution in [0.25, 0.3) is 0 Å². The molecule has 7 nitrogen and oxygen atoms in total. The van der Waals surface area contributed by atoms with Crippen LogP contribution in [0.15, 0.2) is 42.5 Å². The van der Waals surface area contributed by atoms with E-state index in [1.807, 2.05) is 25.1 Å². The molecule has 1 saturated heterocycles. The minimum Gasteiger partial charge on any atom is -0.486 e. The first-order chi connectivity index (χ1) is 14.1. The van der Waals surface area contributed by atoms with Gasteiger partial charge in [0, 0.05) is 24.3 Å². The fourth-order valence-electron chi connectivity index (χ4n) is 3.47. The van der Waals surface area contributed by atoms with Crippen LogP contribution in [0.2, 0.25) is 0 Å². The van der Waals surface area contributed by atoms with Crippen LogP contribution in [0, 0.1) is 0 Å². The Bertz CT molecular complexity index is 897. The third-order valence-corrected chi connectivity index (χ3v) is 4.92. The van der Waals surface area contributed by atoms with Crippen molar-refractivity contribution in [3.8, 4) is 11.5 Å². The predicted octanol–water partition coefficient (Wildman–Crippen LogP) is 2.50. The Balaban J connectivity index is 1.34. The number of nitrogens with one attached hydrogen (secondary N) is 1. The monoisotopic (exact) mass is 396 g/mol. The largest absolute Gasteiger partial charge is 0.486 e. The lowest BCUT2D eigenvalue weighted by atomic mass is 10.1. The molecule has 1 N–H and O–H groups in total. The molecule has 2 aromatic carbocycles. The summed E-state index contributed by atoms with van der Waals surface area (Å²) in [5, 5.41) is 2.87. The van der Waals surface area contributed by atoms with E-state index in [1.165, 1.54) is 0 Å². The molecule has 2 aromatic rings. The first-order valence-electron chi connectivity index (χ1n) is 9.78. The standard InChI is InChI=1S/C22H24N2O5/c1-15-14-24(8-9-27-15)22(26)17-3-5-18(6-4-17)23-21(25)13-16-2-7-19-20(12-16)29-11-10-28-19/h2-7,12,15H,8-11,13-14H2,1H3,(H,23,25). The van der Waals surface area contributed by atoms with Crippen molar-refractivity contribution >= 4 is 17.5 Å². The van der Waals surface area contributed by atoms with Crippen LogP contribution in [0.3, 0.4) is 0 Å². The molecular weight excluding hydrogens is 372 g/mol. The molecule has 4 rings (SSSR count). The second kappa shape index (κ2) is 8.53. The van der Waals surface area contributed by atoms with Gasteiger partial charge in [-0.25, -0.2) is 0 Å². The van der Waals surface area contributed by atoms with E-state index < -0.39 is 0 Å². The number of rotatable bonds is 4. The lowest BCUT2D eigenvalue weighted by Crippen LogP contribution is -2.44. The van der Waals surface area contributed by atoms with Crippen molar-refractivity contribution in [2.45, 2.75) is 19.4 Å². The van der Waals surface area contributed by atoms with Gasteiger partial charge >= 0.3 is 0 Å². The van der Waals surface area contributed by atoms with Gasteiger partial charge in [0.15, 0.2) is 11.5 Å². The van der Waals surface area contributed by atoms with Crippen LogP contribution < -0.4 is 14.8 Å². The summed E-state index contributed by atoms with van der Waals surface area (Å²) in [7, 11) is 0. The summed E-state index contributed by atoms with van der Waals surface area (Å²) in [5.74, 6) is 1.22. The molecule has 1 fully saturated rings. The molecule has 152 valence electrons. The fraction of sp³-hybridized carbons (Fsp3) is 0.364. The molecule has 1 unspecified atom stereocenters. The molecule has 0 saturated carbocycles. The van der Waals surface area contributed by atoms with Crippen molar-refractivity contribution in [3.63, 3.8) is 0 Å². The molecule has 0 spiro atoms. The van der Waals surface area contributed by atoms with E-state index >= 15 is 0 Å². The van der Waals surface area contributed by atoms with Crippen LogP contribution >= 0.6 is 0 Å². The van der Waals surface area contributed by atoms with E-state index in [-0.39, 0.29) is 24.3 Å². The highest BCUT2D eigenvalue weighted by atomic mass is 16.6. The van der Waals surface area contributed by atoms with Crippen LogP contribution in [-0.4, -0.2) is 55.7 Å². The molecular formula is C22H24N2O5. The summed E-state index contributed by atoms with van der Waals surface area (Å²) in [6, 6.07) is 12.5. The summed E-state index contributed by atoms with van der Waals surface area (Å²) in [4.78, 5) is 26.8. The van der Waals surface area contributed by atoms with Crippen LogP contribution in [-0.2, 0) is 16.0 Å². The van der Waals surface area contributed by atoms with Gasteiger partial charge in [0.1, 0.15) is 13.2 Å². The number of carbonyl (C=O) groups excluding carboxylic acids is 2. The van der Waals surface area contributed by atoms with Crippen molar-refractivity contribution in [1.82, 2.24) is 4.90 Å². The number of morpholine rings is 1. The Hall–Kier alpha value is -3.06. The van der Waals surface area contributed by atoms with Gasteiger partial charge in [-0.05, 0) is 48.9 Å². The maximum Gasteiger partial charge on any atom is 0.254 e. The number of hydrogen-bond donors (Lipinski definition) is 1. The molecule has 2 amide bonds. The molecule has 0 bridgehead atoms. The number of carbonyl (C=O) groups is 2. The number of nitrogens with zero attached hydrogens (tertiary/aromatic N) is 1. The summed E-state index contributed by atoms with van der Waals surface area (Å²) in [6.45, 7) is 4.75. The van der Waals surface area contributed by atoms with Crippen molar-refractivity contribution in [2.75, 3.05) is 38.2 Å². The highest BCUT2D eigenvalue weighted by Gasteiger charge is 2.22. The highest BCUT2D eigenvalue weighted by Crippen LogP contribution is 2.30. The molecule has 2 heterocycles. The third-order valence-electron chi connectivity index (χ3n) is 4.92. The molecule has 0 radical (unpaired) electrons. The van der Waals surface area contributed by atoms with E-state index in [0.717, 1.165) is 5.56 Å². The molecule has 7 heteroatoms. The van der Waals surface area contributed by atoms with Gasteiger partial charge in [-0.15, -0.1) is 0 Å². The maximum absolute atomic E-state index is 12.6. The number of benzene rings is 2. The number of anilines is 1. The van der Waals surface area contributed by atoms with E-state index in [9.17, 15) is 9.59 Å². The number of ether oxygens (including phenoxy) is 3. The molecule has 29 heavy (non-hydrogen) atoms. The van der Waals surface area contributed by atoms with E-state index in [4.69, 9.17) is 14.2 Å². The van der Waals surface area contributed by atoms with Gasteiger partial charge < -0.3 is 24.4 Å². The molecule has 0 aliphatic carbocycles. The van der Waals surface area contributed by atoms with Crippen molar-refractivity contribution in [3.05, 3.63) is 53.6 Å². The van der Waals surface area contributed by atoms with Gasteiger partial charge in [-0.1, -0.05) is 6.07 Å². The van der Waals surface area contributed by atoms with Crippen molar-refractivity contribution in [2.24, 2.45) is 0 Å². The van der Waals surface area contributed by atoms with Gasteiger partial charge in [0.25, 0.3) is 5.91 Å². The van der Waals surface area contributed by atoms with Gasteiger partial charge in [0.05, 0.1) is 19.1 Å². The van der Waals surface area contributed by atoms with Crippen LogP contribution in [0.5, 0.6) is 11.5 Å². The summed E-state index contributed by atoms with van der Waals surface area (Å²) in [5.41, 5.74) is 2.10. The second-order valence-electron chi connectivity index (χ2n) is 7.21. The Morgan fingerprint density at radius 1 is 1.03 bits per heavy atom. The van der Waals surface area contributed by atoms with Crippen LogP contribution in [0.4, 0.5) is 5.69 Å². The summed E-state index contributed by atoms with van der Waals surface area (Å²) >= 11 is 0. The minimum atomic E-state index is -0.136. The van der Waals surface area contributed by atoms with Crippen molar-refractivity contribution in [1.29, 1.82) is 0 Å². The predicted molar refractivity (Wildman–Crippen MR) is 108 cm³/mol. The maximum atomic E-state index is 12.6. The van der Waals surface area contributed by atoms with Gasteiger partial charge in [-0.3, -0.25) is 9.59 Å². The fourth-order valence-corrected chi connectivity index (χ4v) is 3.47. The topological polar surface area (TPSA) is 77.1 Å². The zero-order valence-electron chi connectivity index (χ0n) is 16.3. The van der Waals surface area contributed by atoms with Crippen LogP contribution in [0.1, 0.15) is 22.8 Å². The average molecular weight is 396 g/mol. The molecule has 1 atom stereocenters. The first kappa shape index (κ1) is 19.3. The van der Waals surface area contributed by atoms with Gasteiger partial charge in [-0.2, -0.15) is 0 Å². The van der Waals surface area contributed by atoms with Gasteiger partial charge in [0.2, 0.25) is 5.91 Å². The lowest BCUT2D eigenvalue weighted by Gasteiger charge is -2.31. The highest BCUT2D eigenvalue weighted by molar-refractivity contribution is 5.96. The van der Waals surface area contributed by atoms with E-state index in [1.54, 1.807) is 29.2 Å². The zero-order chi connectivity index (χ0) is 20.2. The van der Waals surface area contributed by atoms with E-state index in [0.29, 0.717) is 55.7 Å². The normalized spacial score (nSPS) is 18.2. The quantitative estimate of drug-likeness (QED) is 0.859. The smallest absolute Gasteiger partial charge is 0.254 e. The molecule has 0 aromatic heterocycles. The Kier molecular flexibility index (Phi) is 5.67. The number of hydrogen-bond acceptors (Lipinski definition) is 5. The lowest BCUT2D eigenvalue weighted by molar-refractivity contribution is -0.115. The molecule has 2 aliphatic heterocycles. The number of fused-ring (bicyclic) bond motifs is 1. The Morgan fingerprint density at radius 2 is 1.79 bits per heavy atom. The minimum absolute atomic E-state index is 0.0192. The Morgan fingerprint density at radius 3 is 2.55 bits per heavy atom. The number of amides is 2. The zero-order valence-corrected chi connectivity index (χ0v) is 16.3. The second-order valence-corrected chi connectivity index (χ2v) is 7.21. The van der Waals surface area contributed by atoms with Crippen molar-refractivity contribution < 1.29 is 23.8 Å². The summed E-state index contributed by atoms with van der Waals surface area (Å²) < 4.78 is 16.5. The summed E-state index contributed by atoms with van der Waals surface area (Å²) in [6.07, 6.45) is 0.273. The third kappa shape index (κ3) is 4.68. The average Bonchev–Trinajstić information content (AvgIpc) is 2.73.